The Labute approximate surface area is 120 Å². The quantitative estimate of drug-likeness (QED) is 0.584. The third-order valence-electron chi connectivity index (χ3n) is 2.64. The van der Waals surface area contributed by atoms with Gasteiger partial charge in [-0.05, 0) is 18.6 Å². The number of nitrogen functional groups attached to an aromatic ring is 1. The second-order valence-corrected chi connectivity index (χ2v) is 6.46. The van der Waals surface area contributed by atoms with E-state index in [0.29, 0.717) is 17.9 Å². The van der Waals surface area contributed by atoms with Gasteiger partial charge in [0.2, 0.25) is 10.0 Å². The van der Waals surface area contributed by atoms with Crippen molar-refractivity contribution in [2.75, 3.05) is 24.6 Å². The maximum atomic E-state index is 11.7. The Morgan fingerprint density at radius 3 is 2.85 bits per heavy atom. The number of nitrogens with two attached hydrogens (primary N) is 1. The van der Waals surface area contributed by atoms with E-state index in [9.17, 15) is 13.5 Å². The first-order chi connectivity index (χ1) is 9.43. The Bertz CT molecular complexity index is 505. The SMILES string of the molecule is CCCC(O)CNS(=O)(=O)CCOc1cccc(N)c1. The lowest BCUT2D eigenvalue weighted by Gasteiger charge is -2.12. The van der Waals surface area contributed by atoms with E-state index in [-0.39, 0.29) is 18.9 Å². The van der Waals surface area contributed by atoms with Crippen LogP contribution in [0.4, 0.5) is 5.69 Å². The van der Waals surface area contributed by atoms with Crippen LogP contribution in [0, 0.1) is 0 Å². The Morgan fingerprint density at radius 1 is 1.45 bits per heavy atom. The number of ether oxygens (including phenoxy) is 1. The van der Waals surface area contributed by atoms with Crippen molar-refractivity contribution in [1.82, 2.24) is 4.72 Å². The van der Waals surface area contributed by atoms with Gasteiger partial charge in [-0.25, -0.2) is 13.1 Å². The molecule has 0 fully saturated rings. The van der Waals surface area contributed by atoms with Gasteiger partial charge in [0.05, 0.1) is 11.9 Å². The van der Waals surface area contributed by atoms with E-state index in [0.717, 1.165) is 6.42 Å². The molecular formula is C13H22N2O4S. The van der Waals surface area contributed by atoms with Crippen LogP contribution in [0.15, 0.2) is 24.3 Å². The summed E-state index contributed by atoms with van der Waals surface area (Å²) in [6.07, 6.45) is 0.730. The minimum Gasteiger partial charge on any atom is -0.492 e. The van der Waals surface area contributed by atoms with Crippen LogP contribution >= 0.6 is 0 Å². The zero-order valence-electron chi connectivity index (χ0n) is 11.6. The van der Waals surface area contributed by atoms with E-state index < -0.39 is 16.1 Å². The minimum atomic E-state index is -3.44. The standard InChI is InChI=1S/C13H22N2O4S/c1-2-4-12(16)10-15-20(17,18)8-7-19-13-6-3-5-11(14)9-13/h3,5-6,9,12,15-16H,2,4,7-8,10,14H2,1H3. The van der Waals surface area contributed by atoms with Gasteiger partial charge in [-0.1, -0.05) is 19.4 Å². The molecule has 0 aliphatic carbocycles. The van der Waals surface area contributed by atoms with E-state index in [4.69, 9.17) is 10.5 Å². The second kappa shape index (κ2) is 8.08. The monoisotopic (exact) mass is 302 g/mol. The van der Waals surface area contributed by atoms with Gasteiger partial charge in [-0.15, -0.1) is 0 Å². The van der Waals surface area contributed by atoms with Gasteiger partial charge in [0, 0.05) is 18.3 Å². The number of anilines is 1. The van der Waals surface area contributed by atoms with Crippen molar-refractivity contribution in [3.05, 3.63) is 24.3 Å². The molecular weight excluding hydrogens is 280 g/mol. The molecule has 7 heteroatoms. The molecule has 0 aliphatic rings. The number of aliphatic hydroxyl groups excluding tert-OH is 1. The number of rotatable bonds is 9. The molecule has 0 radical (unpaired) electrons. The van der Waals surface area contributed by atoms with Gasteiger partial charge < -0.3 is 15.6 Å². The van der Waals surface area contributed by atoms with Crippen LogP contribution in [0.5, 0.6) is 5.75 Å². The summed E-state index contributed by atoms with van der Waals surface area (Å²) in [7, 11) is -3.44. The van der Waals surface area contributed by atoms with Crippen molar-refractivity contribution in [2.24, 2.45) is 0 Å². The lowest BCUT2D eigenvalue weighted by atomic mass is 10.2. The van der Waals surface area contributed by atoms with Crippen LogP contribution in [-0.4, -0.2) is 38.5 Å². The molecule has 0 saturated heterocycles. The molecule has 1 aromatic carbocycles. The molecule has 1 atom stereocenters. The van der Waals surface area contributed by atoms with Crippen LogP contribution in [-0.2, 0) is 10.0 Å². The maximum Gasteiger partial charge on any atom is 0.215 e. The number of aliphatic hydroxyl groups is 1. The number of sulfonamides is 1. The first-order valence-electron chi connectivity index (χ1n) is 6.56. The fourth-order valence-electron chi connectivity index (χ4n) is 1.60. The highest BCUT2D eigenvalue weighted by atomic mass is 32.2. The minimum absolute atomic E-state index is 0.0304. The third kappa shape index (κ3) is 6.74. The molecule has 6 nitrogen and oxygen atoms in total. The molecule has 20 heavy (non-hydrogen) atoms. The maximum absolute atomic E-state index is 11.7. The molecule has 0 saturated carbocycles. The summed E-state index contributed by atoms with van der Waals surface area (Å²) in [5, 5.41) is 9.47. The summed E-state index contributed by atoms with van der Waals surface area (Å²) in [6, 6.07) is 6.80. The van der Waals surface area contributed by atoms with E-state index in [1.54, 1.807) is 24.3 Å². The summed E-state index contributed by atoms with van der Waals surface area (Å²) in [5.41, 5.74) is 6.15. The summed E-state index contributed by atoms with van der Waals surface area (Å²) in [5.74, 6) is 0.368. The molecule has 0 spiro atoms. The van der Waals surface area contributed by atoms with E-state index in [1.165, 1.54) is 0 Å². The van der Waals surface area contributed by atoms with E-state index in [2.05, 4.69) is 4.72 Å². The lowest BCUT2D eigenvalue weighted by molar-refractivity contribution is 0.167. The average Bonchev–Trinajstić information content (AvgIpc) is 2.37. The summed E-state index contributed by atoms with van der Waals surface area (Å²) in [6.45, 7) is 1.99. The van der Waals surface area contributed by atoms with Crippen LogP contribution < -0.4 is 15.2 Å². The lowest BCUT2D eigenvalue weighted by Crippen LogP contribution is -2.35. The zero-order chi connectivity index (χ0) is 15.0. The first kappa shape index (κ1) is 16.7. The molecule has 114 valence electrons. The van der Waals surface area contributed by atoms with Gasteiger partial charge in [0.1, 0.15) is 12.4 Å². The van der Waals surface area contributed by atoms with Crippen LogP contribution in [0.3, 0.4) is 0 Å². The second-order valence-electron chi connectivity index (χ2n) is 4.53. The van der Waals surface area contributed by atoms with Crippen molar-refractivity contribution >= 4 is 15.7 Å². The highest BCUT2D eigenvalue weighted by Gasteiger charge is 2.12. The molecule has 0 amide bonds. The normalized spacial score (nSPS) is 13.1. The fourth-order valence-corrected chi connectivity index (χ4v) is 2.50. The van der Waals surface area contributed by atoms with Crippen molar-refractivity contribution in [1.29, 1.82) is 0 Å². The largest absolute Gasteiger partial charge is 0.492 e. The number of benzene rings is 1. The van der Waals surface area contributed by atoms with Crippen LogP contribution in [0.25, 0.3) is 0 Å². The number of hydrogen-bond donors (Lipinski definition) is 3. The van der Waals surface area contributed by atoms with Crippen molar-refractivity contribution in [3.8, 4) is 5.75 Å². The van der Waals surface area contributed by atoms with Gasteiger partial charge >= 0.3 is 0 Å². The fraction of sp³-hybridized carbons (Fsp3) is 0.538. The van der Waals surface area contributed by atoms with Gasteiger partial charge in [-0.2, -0.15) is 0 Å². The summed E-state index contributed by atoms with van der Waals surface area (Å²) >= 11 is 0. The Balaban J connectivity index is 2.32. The topological polar surface area (TPSA) is 102 Å². The predicted octanol–water partition coefficient (Wildman–Crippen LogP) is 0.728. The van der Waals surface area contributed by atoms with Gasteiger partial charge in [-0.3, -0.25) is 0 Å². The van der Waals surface area contributed by atoms with Gasteiger partial charge in [0.15, 0.2) is 0 Å². The van der Waals surface area contributed by atoms with E-state index in [1.807, 2.05) is 6.92 Å². The van der Waals surface area contributed by atoms with Gasteiger partial charge in [0.25, 0.3) is 0 Å². The van der Waals surface area contributed by atoms with Crippen LogP contribution in [0.2, 0.25) is 0 Å². The Hall–Kier alpha value is -1.31. The highest BCUT2D eigenvalue weighted by Crippen LogP contribution is 2.14. The molecule has 1 rings (SSSR count). The molecule has 0 aliphatic heterocycles. The molecule has 0 aromatic heterocycles. The summed E-state index contributed by atoms with van der Waals surface area (Å²) < 4.78 is 31.0. The number of nitrogens with one attached hydrogen (secondary N) is 1. The molecule has 4 N–H and O–H groups in total. The van der Waals surface area contributed by atoms with Crippen molar-refractivity contribution in [2.45, 2.75) is 25.9 Å². The predicted molar refractivity (Wildman–Crippen MR) is 79.1 cm³/mol. The smallest absolute Gasteiger partial charge is 0.215 e. The van der Waals surface area contributed by atoms with Crippen LogP contribution in [0.1, 0.15) is 19.8 Å². The average molecular weight is 302 g/mol. The van der Waals surface area contributed by atoms with Crippen molar-refractivity contribution in [3.63, 3.8) is 0 Å². The highest BCUT2D eigenvalue weighted by molar-refractivity contribution is 7.89. The zero-order valence-corrected chi connectivity index (χ0v) is 12.4. The molecule has 1 aromatic rings. The van der Waals surface area contributed by atoms with Crippen molar-refractivity contribution < 1.29 is 18.3 Å². The Morgan fingerprint density at radius 2 is 2.20 bits per heavy atom. The third-order valence-corrected chi connectivity index (χ3v) is 3.95. The summed E-state index contributed by atoms with van der Waals surface area (Å²) in [4.78, 5) is 0. The molecule has 1 unspecified atom stereocenters. The molecule has 0 bridgehead atoms. The molecule has 0 heterocycles. The Kier molecular flexibility index (Phi) is 6.77. The first-order valence-corrected chi connectivity index (χ1v) is 8.22. The number of hydrogen-bond acceptors (Lipinski definition) is 5. The van der Waals surface area contributed by atoms with E-state index >= 15 is 0 Å².